The highest BCUT2D eigenvalue weighted by Gasteiger charge is 2.28. The van der Waals surface area contributed by atoms with Crippen LogP contribution in [0.2, 0.25) is 5.02 Å². The summed E-state index contributed by atoms with van der Waals surface area (Å²) in [4.78, 5) is 30.9. The quantitative estimate of drug-likeness (QED) is 0.511. The Kier molecular flexibility index (Phi) is 9.58. The second-order valence-electron chi connectivity index (χ2n) is 6.26. The zero-order chi connectivity index (χ0) is 21.9. The Labute approximate surface area is 173 Å². The van der Waals surface area contributed by atoms with Crippen molar-refractivity contribution in [3.05, 3.63) is 82.9 Å². The summed E-state index contributed by atoms with van der Waals surface area (Å²) in [7, 11) is 0. The van der Waals surface area contributed by atoms with Crippen LogP contribution in [0.15, 0.2) is 66.7 Å². The average molecular weight is 419 g/mol. The second kappa shape index (κ2) is 11.6. The molecule has 5 N–H and O–H groups in total. The van der Waals surface area contributed by atoms with E-state index in [4.69, 9.17) is 27.5 Å². The van der Waals surface area contributed by atoms with Gasteiger partial charge in [-0.15, -0.1) is 0 Å². The van der Waals surface area contributed by atoms with Gasteiger partial charge in [-0.25, -0.2) is 9.59 Å². The standard InChI is InChI=1S/C17H19ClN2O.C4H4O4/c1-17(20-16(21)12-19,11-13-5-3-2-4-6-13)14-7-9-15(18)10-8-14;5-3(6)1-2-4(7)8/h2-10H,11-12,19H2,1H3,(H,20,21);1-2H,(H,5,6)(H,7,8). The number of amides is 1. The van der Waals surface area contributed by atoms with Gasteiger partial charge in [0.15, 0.2) is 0 Å². The molecule has 0 saturated carbocycles. The lowest BCUT2D eigenvalue weighted by Crippen LogP contribution is -2.47. The van der Waals surface area contributed by atoms with E-state index in [9.17, 15) is 14.4 Å². The molecule has 0 aliphatic rings. The molecule has 7 nitrogen and oxygen atoms in total. The monoisotopic (exact) mass is 418 g/mol. The van der Waals surface area contributed by atoms with Crippen LogP contribution >= 0.6 is 11.6 Å². The highest BCUT2D eigenvalue weighted by molar-refractivity contribution is 6.30. The van der Waals surface area contributed by atoms with Crippen LogP contribution in [0.1, 0.15) is 18.1 Å². The molecule has 1 amide bonds. The van der Waals surface area contributed by atoms with Gasteiger partial charge < -0.3 is 21.3 Å². The van der Waals surface area contributed by atoms with E-state index in [1.165, 1.54) is 0 Å². The van der Waals surface area contributed by atoms with Gasteiger partial charge in [0.1, 0.15) is 0 Å². The molecule has 1 unspecified atom stereocenters. The summed E-state index contributed by atoms with van der Waals surface area (Å²) in [5, 5.41) is 19.3. The predicted octanol–water partition coefficient (Wildman–Crippen LogP) is 2.58. The highest BCUT2D eigenvalue weighted by Crippen LogP contribution is 2.26. The van der Waals surface area contributed by atoms with Gasteiger partial charge >= 0.3 is 11.9 Å². The molecule has 0 spiro atoms. The normalized spacial score (nSPS) is 12.4. The molecule has 2 aromatic rings. The molecule has 1 atom stereocenters. The van der Waals surface area contributed by atoms with Gasteiger partial charge in [-0.1, -0.05) is 54.1 Å². The van der Waals surface area contributed by atoms with Crippen molar-refractivity contribution in [3.8, 4) is 0 Å². The van der Waals surface area contributed by atoms with E-state index >= 15 is 0 Å². The van der Waals surface area contributed by atoms with Gasteiger partial charge in [-0.2, -0.15) is 0 Å². The number of halogens is 1. The van der Waals surface area contributed by atoms with E-state index < -0.39 is 17.5 Å². The van der Waals surface area contributed by atoms with Crippen molar-refractivity contribution in [1.29, 1.82) is 0 Å². The zero-order valence-electron chi connectivity index (χ0n) is 15.8. The molecule has 0 aliphatic carbocycles. The average Bonchev–Trinajstić information content (AvgIpc) is 2.68. The number of rotatable bonds is 7. The number of carbonyl (C=O) groups excluding carboxylic acids is 1. The molecular formula is C21H23ClN2O5. The number of carboxylic acid groups (broad SMARTS) is 2. The van der Waals surface area contributed by atoms with Gasteiger partial charge in [-0.05, 0) is 36.6 Å². The highest BCUT2D eigenvalue weighted by atomic mass is 35.5. The van der Waals surface area contributed by atoms with E-state index in [2.05, 4.69) is 5.32 Å². The molecule has 0 radical (unpaired) electrons. The van der Waals surface area contributed by atoms with Crippen LogP contribution in [-0.4, -0.2) is 34.6 Å². The third-order valence-corrected chi connectivity index (χ3v) is 4.10. The summed E-state index contributed by atoms with van der Waals surface area (Å²) in [6.45, 7) is 1.97. The molecule has 0 heterocycles. The Balaban J connectivity index is 0.000000447. The minimum atomic E-state index is -1.26. The summed E-state index contributed by atoms with van der Waals surface area (Å²) >= 11 is 5.95. The summed E-state index contributed by atoms with van der Waals surface area (Å²) in [6, 6.07) is 17.6. The molecule has 0 aliphatic heterocycles. The van der Waals surface area contributed by atoms with Crippen molar-refractivity contribution in [2.24, 2.45) is 5.73 Å². The SMILES string of the molecule is CC(Cc1ccccc1)(NC(=O)CN)c1ccc(Cl)cc1.O=C(O)C=CC(=O)O. The summed E-state index contributed by atoms with van der Waals surface area (Å²) in [5.74, 6) is -2.69. The Morgan fingerprint density at radius 3 is 1.97 bits per heavy atom. The number of hydrogen-bond donors (Lipinski definition) is 4. The van der Waals surface area contributed by atoms with Crippen LogP contribution in [0.3, 0.4) is 0 Å². The molecule has 154 valence electrons. The van der Waals surface area contributed by atoms with E-state index in [1.54, 1.807) is 0 Å². The Hall–Kier alpha value is -3.16. The van der Waals surface area contributed by atoms with E-state index in [1.807, 2.05) is 61.5 Å². The first-order valence-corrected chi connectivity index (χ1v) is 8.99. The van der Waals surface area contributed by atoms with Crippen molar-refractivity contribution in [1.82, 2.24) is 5.32 Å². The van der Waals surface area contributed by atoms with Gasteiger partial charge in [0.2, 0.25) is 5.91 Å². The third-order valence-electron chi connectivity index (χ3n) is 3.85. The van der Waals surface area contributed by atoms with Crippen molar-refractivity contribution < 1.29 is 24.6 Å². The number of aliphatic carboxylic acids is 2. The van der Waals surface area contributed by atoms with Crippen molar-refractivity contribution in [2.75, 3.05) is 6.54 Å². The van der Waals surface area contributed by atoms with Crippen molar-refractivity contribution >= 4 is 29.4 Å². The molecule has 8 heteroatoms. The van der Waals surface area contributed by atoms with Crippen LogP contribution in [0.25, 0.3) is 0 Å². The number of hydrogen-bond acceptors (Lipinski definition) is 4. The van der Waals surface area contributed by atoms with Crippen LogP contribution in [0, 0.1) is 0 Å². The minimum Gasteiger partial charge on any atom is -0.478 e. The van der Waals surface area contributed by atoms with E-state index in [-0.39, 0.29) is 12.5 Å². The summed E-state index contributed by atoms with van der Waals surface area (Å²) < 4.78 is 0. The fourth-order valence-corrected chi connectivity index (χ4v) is 2.67. The molecule has 0 fully saturated rings. The summed E-state index contributed by atoms with van der Waals surface area (Å²) in [6.07, 6.45) is 1.80. The topological polar surface area (TPSA) is 130 Å². The second-order valence-corrected chi connectivity index (χ2v) is 6.70. The number of nitrogens with two attached hydrogens (primary N) is 1. The number of carbonyl (C=O) groups is 3. The first-order valence-electron chi connectivity index (χ1n) is 8.61. The number of carboxylic acids is 2. The number of nitrogens with one attached hydrogen (secondary N) is 1. The maximum atomic E-state index is 11.8. The fourth-order valence-electron chi connectivity index (χ4n) is 2.54. The van der Waals surface area contributed by atoms with Gasteiger partial charge in [0, 0.05) is 17.2 Å². The van der Waals surface area contributed by atoms with Crippen LogP contribution in [-0.2, 0) is 26.3 Å². The van der Waals surface area contributed by atoms with E-state index in [0.717, 1.165) is 11.1 Å². The maximum absolute atomic E-state index is 11.8. The lowest BCUT2D eigenvalue weighted by molar-refractivity contribution is -0.134. The third kappa shape index (κ3) is 9.05. The van der Waals surface area contributed by atoms with E-state index in [0.29, 0.717) is 23.6 Å². The largest absolute Gasteiger partial charge is 0.478 e. The van der Waals surface area contributed by atoms with Crippen LogP contribution < -0.4 is 11.1 Å². The maximum Gasteiger partial charge on any atom is 0.328 e. The van der Waals surface area contributed by atoms with Crippen LogP contribution in [0.5, 0.6) is 0 Å². The fraction of sp³-hybridized carbons (Fsp3) is 0.190. The molecule has 0 bridgehead atoms. The minimum absolute atomic E-state index is 0.0298. The lowest BCUT2D eigenvalue weighted by atomic mass is 9.85. The Bertz CT molecular complexity index is 837. The molecule has 0 aromatic heterocycles. The van der Waals surface area contributed by atoms with Crippen molar-refractivity contribution in [3.63, 3.8) is 0 Å². The first-order chi connectivity index (χ1) is 13.7. The molecular weight excluding hydrogens is 396 g/mol. The van der Waals surface area contributed by atoms with Gasteiger partial charge in [0.25, 0.3) is 0 Å². The summed E-state index contributed by atoms with van der Waals surface area (Å²) in [5.41, 5.74) is 7.06. The molecule has 29 heavy (non-hydrogen) atoms. The lowest BCUT2D eigenvalue weighted by Gasteiger charge is -2.32. The molecule has 0 saturated heterocycles. The zero-order valence-corrected chi connectivity index (χ0v) is 16.6. The van der Waals surface area contributed by atoms with Gasteiger partial charge in [0.05, 0.1) is 12.1 Å². The Morgan fingerprint density at radius 2 is 1.52 bits per heavy atom. The predicted molar refractivity (Wildman–Crippen MR) is 111 cm³/mol. The smallest absolute Gasteiger partial charge is 0.328 e. The van der Waals surface area contributed by atoms with Crippen LogP contribution in [0.4, 0.5) is 0 Å². The number of benzene rings is 2. The molecule has 2 rings (SSSR count). The Morgan fingerprint density at radius 1 is 1.00 bits per heavy atom. The molecule has 2 aromatic carbocycles. The van der Waals surface area contributed by atoms with Gasteiger partial charge in [-0.3, -0.25) is 4.79 Å². The van der Waals surface area contributed by atoms with Crippen molar-refractivity contribution in [2.45, 2.75) is 18.9 Å². The first kappa shape index (κ1) is 23.9.